The molecule has 0 radical (unpaired) electrons. The molecule has 1 aliphatic heterocycles. The van der Waals surface area contributed by atoms with Crippen LogP contribution in [0.5, 0.6) is 0 Å². The van der Waals surface area contributed by atoms with Crippen LogP contribution in [0.25, 0.3) is 0 Å². The first-order valence-corrected chi connectivity index (χ1v) is 11.7. The molecule has 3 rings (SSSR count). The van der Waals surface area contributed by atoms with Crippen LogP contribution in [0.4, 0.5) is 5.69 Å². The zero-order chi connectivity index (χ0) is 21.6. The van der Waals surface area contributed by atoms with Gasteiger partial charge in [-0.2, -0.15) is 0 Å². The molecule has 10 heteroatoms. The summed E-state index contributed by atoms with van der Waals surface area (Å²) in [5.74, 6) is -0.271. The number of ether oxygens (including phenoxy) is 1. The number of hydrogen-bond acceptors (Lipinski definition) is 5. The summed E-state index contributed by atoms with van der Waals surface area (Å²) in [6.07, 6.45) is 1.89. The molecule has 1 fully saturated rings. The lowest BCUT2D eigenvalue weighted by molar-refractivity contribution is -0.119. The van der Waals surface area contributed by atoms with E-state index in [2.05, 4.69) is 15.4 Å². The van der Waals surface area contributed by atoms with Crippen molar-refractivity contribution in [2.24, 2.45) is 0 Å². The van der Waals surface area contributed by atoms with Crippen molar-refractivity contribution in [3.05, 3.63) is 59.1 Å². The van der Waals surface area contributed by atoms with Gasteiger partial charge in [-0.3, -0.25) is 4.79 Å². The zero-order valence-corrected chi connectivity index (χ0v) is 18.4. The average molecular weight is 468 g/mol. The van der Waals surface area contributed by atoms with E-state index in [1.54, 1.807) is 36.4 Å². The Balaban J connectivity index is 1.49. The van der Waals surface area contributed by atoms with E-state index >= 15 is 0 Å². The van der Waals surface area contributed by atoms with Crippen molar-refractivity contribution in [1.82, 2.24) is 10.0 Å². The van der Waals surface area contributed by atoms with Crippen LogP contribution in [0.1, 0.15) is 18.4 Å². The Kier molecular flexibility index (Phi) is 7.79. The zero-order valence-electron chi connectivity index (χ0n) is 16.1. The van der Waals surface area contributed by atoms with E-state index in [4.69, 9.17) is 28.6 Å². The third kappa shape index (κ3) is 6.75. The number of hydrogen-bond donors (Lipinski definition) is 3. The third-order valence-corrected chi connectivity index (χ3v) is 6.37. The van der Waals surface area contributed by atoms with Crippen molar-refractivity contribution in [2.45, 2.75) is 30.3 Å². The van der Waals surface area contributed by atoms with Crippen molar-refractivity contribution in [3.63, 3.8) is 0 Å². The van der Waals surface area contributed by atoms with Crippen molar-refractivity contribution < 1.29 is 17.9 Å². The topological polar surface area (TPSA) is 96.5 Å². The molecule has 2 aromatic carbocycles. The second-order valence-electron chi connectivity index (χ2n) is 6.82. The SMILES string of the molecule is O=C(Cc1ccc(Cl)cc1)NC(=S)Nc1ccc(S(=O)(=O)NCC2CCCO2)cc1. The molecule has 160 valence electrons. The molecule has 1 atom stereocenters. The van der Waals surface area contributed by atoms with Gasteiger partial charge in [0.25, 0.3) is 0 Å². The first kappa shape index (κ1) is 22.6. The predicted molar refractivity (Wildman–Crippen MR) is 120 cm³/mol. The second-order valence-corrected chi connectivity index (χ2v) is 9.43. The number of carbonyl (C=O) groups is 1. The van der Waals surface area contributed by atoms with Gasteiger partial charge in [0.15, 0.2) is 5.11 Å². The molecule has 1 aliphatic rings. The Morgan fingerprint density at radius 3 is 2.47 bits per heavy atom. The number of sulfonamides is 1. The fourth-order valence-corrected chi connectivity index (χ4v) is 4.35. The Hall–Kier alpha value is -2.04. The monoisotopic (exact) mass is 467 g/mol. The van der Waals surface area contributed by atoms with Gasteiger partial charge in [0.1, 0.15) is 0 Å². The Morgan fingerprint density at radius 1 is 1.13 bits per heavy atom. The number of halogens is 1. The molecule has 1 saturated heterocycles. The molecule has 0 aliphatic carbocycles. The molecular formula is C20H22ClN3O4S2. The fourth-order valence-electron chi connectivity index (χ4n) is 2.93. The number of carbonyl (C=O) groups excluding carboxylic acids is 1. The highest BCUT2D eigenvalue weighted by Gasteiger charge is 2.20. The molecule has 0 spiro atoms. The van der Waals surface area contributed by atoms with Crippen LogP contribution in [-0.4, -0.2) is 38.7 Å². The minimum atomic E-state index is -3.62. The number of amides is 1. The van der Waals surface area contributed by atoms with Crippen LogP contribution in [-0.2, 0) is 26.0 Å². The van der Waals surface area contributed by atoms with E-state index in [0.717, 1.165) is 18.4 Å². The number of benzene rings is 2. The van der Waals surface area contributed by atoms with E-state index in [9.17, 15) is 13.2 Å². The van der Waals surface area contributed by atoms with Crippen LogP contribution in [0, 0.1) is 0 Å². The Bertz CT molecular complexity index is 990. The van der Waals surface area contributed by atoms with Crippen molar-refractivity contribution >= 4 is 50.5 Å². The van der Waals surface area contributed by atoms with E-state index in [1.807, 2.05) is 0 Å². The average Bonchev–Trinajstić information content (AvgIpc) is 3.22. The summed E-state index contributed by atoms with van der Waals surface area (Å²) >= 11 is 11.0. The van der Waals surface area contributed by atoms with Gasteiger partial charge < -0.3 is 15.4 Å². The van der Waals surface area contributed by atoms with Gasteiger partial charge in [0, 0.05) is 23.9 Å². The first-order chi connectivity index (χ1) is 14.3. The van der Waals surface area contributed by atoms with Crippen molar-refractivity contribution in [3.8, 4) is 0 Å². The Morgan fingerprint density at radius 2 is 1.83 bits per heavy atom. The molecule has 0 bridgehead atoms. The number of anilines is 1. The summed E-state index contributed by atoms with van der Waals surface area (Å²) in [5.41, 5.74) is 1.37. The van der Waals surface area contributed by atoms with E-state index in [-0.39, 0.29) is 35.0 Å². The summed E-state index contributed by atoms with van der Waals surface area (Å²) in [5, 5.41) is 6.18. The van der Waals surface area contributed by atoms with Gasteiger partial charge >= 0.3 is 0 Å². The minimum Gasteiger partial charge on any atom is -0.377 e. The lowest BCUT2D eigenvalue weighted by Gasteiger charge is -2.12. The van der Waals surface area contributed by atoms with E-state index < -0.39 is 10.0 Å². The Labute approximate surface area is 186 Å². The fraction of sp³-hybridized carbons (Fsp3) is 0.300. The number of nitrogens with one attached hydrogen (secondary N) is 3. The molecule has 7 nitrogen and oxygen atoms in total. The highest BCUT2D eigenvalue weighted by atomic mass is 35.5. The molecular weight excluding hydrogens is 446 g/mol. The van der Waals surface area contributed by atoms with Gasteiger partial charge in [-0.15, -0.1) is 0 Å². The van der Waals surface area contributed by atoms with Crippen LogP contribution in [0.2, 0.25) is 5.02 Å². The molecule has 0 saturated carbocycles. The largest absolute Gasteiger partial charge is 0.377 e. The molecule has 3 N–H and O–H groups in total. The lowest BCUT2D eigenvalue weighted by atomic mass is 10.1. The summed E-state index contributed by atoms with van der Waals surface area (Å²) in [4.78, 5) is 12.2. The maximum absolute atomic E-state index is 12.4. The summed E-state index contributed by atoms with van der Waals surface area (Å²) in [6.45, 7) is 0.926. The molecule has 1 unspecified atom stereocenters. The molecule has 1 amide bonds. The number of rotatable bonds is 7. The van der Waals surface area contributed by atoms with E-state index in [0.29, 0.717) is 17.3 Å². The summed E-state index contributed by atoms with van der Waals surface area (Å²) in [6, 6.07) is 13.1. The quantitative estimate of drug-likeness (QED) is 0.542. The maximum atomic E-state index is 12.4. The van der Waals surface area contributed by atoms with Gasteiger partial charge in [-0.1, -0.05) is 23.7 Å². The van der Waals surface area contributed by atoms with Crippen LogP contribution >= 0.6 is 23.8 Å². The van der Waals surface area contributed by atoms with Gasteiger partial charge in [0.05, 0.1) is 17.4 Å². The van der Waals surface area contributed by atoms with Gasteiger partial charge in [-0.25, -0.2) is 13.1 Å². The van der Waals surface area contributed by atoms with Gasteiger partial charge in [-0.05, 0) is 67.0 Å². The third-order valence-electron chi connectivity index (χ3n) is 4.48. The minimum absolute atomic E-state index is 0.0745. The van der Waals surface area contributed by atoms with E-state index in [1.165, 1.54) is 12.1 Å². The number of thiocarbonyl (C=S) groups is 1. The highest BCUT2D eigenvalue weighted by molar-refractivity contribution is 7.89. The molecule has 2 aromatic rings. The second kappa shape index (κ2) is 10.3. The maximum Gasteiger partial charge on any atom is 0.240 e. The lowest BCUT2D eigenvalue weighted by Crippen LogP contribution is -2.35. The molecule has 30 heavy (non-hydrogen) atoms. The summed E-state index contributed by atoms with van der Waals surface area (Å²) in [7, 11) is -3.62. The normalized spacial score (nSPS) is 16.2. The van der Waals surface area contributed by atoms with Crippen molar-refractivity contribution in [2.75, 3.05) is 18.5 Å². The van der Waals surface area contributed by atoms with Crippen LogP contribution < -0.4 is 15.4 Å². The first-order valence-electron chi connectivity index (χ1n) is 9.38. The van der Waals surface area contributed by atoms with Gasteiger partial charge in [0.2, 0.25) is 15.9 Å². The van der Waals surface area contributed by atoms with Crippen molar-refractivity contribution in [1.29, 1.82) is 0 Å². The highest BCUT2D eigenvalue weighted by Crippen LogP contribution is 2.16. The molecule has 1 heterocycles. The van der Waals surface area contributed by atoms with Crippen LogP contribution in [0.15, 0.2) is 53.4 Å². The smallest absolute Gasteiger partial charge is 0.240 e. The predicted octanol–water partition coefficient (Wildman–Crippen LogP) is 2.85. The summed E-state index contributed by atoms with van der Waals surface area (Å²) < 4.78 is 32.8. The standard InChI is InChI=1S/C20H22ClN3O4S2/c21-15-5-3-14(4-6-15)12-19(25)24-20(29)23-16-7-9-18(10-8-16)30(26,27)22-13-17-2-1-11-28-17/h3-10,17,22H,1-2,11-13H2,(H2,23,24,25,29). The van der Waals surface area contributed by atoms with Crippen LogP contribution in [0.3, 0.4) is 0 Å². The molecule has 0 aromatic heterocycles.